The number of benzene rings is 1. The second-order valence-corrected chi connectivity index (χ2v) is 4.85. The van der Waals surface area contributed by atoms with Crippen LogP contribution in [0, 0.1) is 11.3 Å². The summed E-state index contributed by atoms with van der Waals surface area (Å²) in [6.45, 7) is 2.73. The minimum Gasteiger partial charge on any atom is -0.492 e. The number of aliphatic hydroxyl groups excluding tert-OH is 1. The Kier molecular flexibility index (Phi) is 5.20. The summed E-state index contributed by atoms with van der Waals surface area (Å²) in [5.74, 6) is 0.788. The summed E-state index contributed by atoms with van der Waals surface area (Å²) in [7, 11) is 0. The molecule has 0 radical (unpaired) electrons. The van der Waals surface area contributed by atoms with Gasteiger partial charge in [0, 0.05) is 12.6 Å². The summed E-state index contributed by atoms with van der Waals surface area (Å²) in [4.78, 5) is 2.30. The third kappa shape index (κ3) is 3.95. The number of rotatable bonds is 5. The predicted octanol–water partition coefficient (Wildman–Crippen LogP) is 1.78. The number of hydrogen-bond acceptors (Lipinski definition) is 4. The Bertz CT molecular complexity index is 425. The van der Waals surface area contributed by atoms with Gasteiger partial charge in [-0.25, -0.2) is 0 Å². The number of ether oxygens (including phenoxy) is 1. The second-order valence-electron chi connectivity index (χ2n) is 4.85. The van der Waals surface area contributed by atoms with E-state index in [-0.39, 0.29) is 6.61 Å². The fourth-order valence-electron chi connectivity index (χ4n) is 2.47. The minimum atomic E-state index is 0.233. The molecule has 4 nitrogen and oxygen atoms in total. The molecule has 1 atom stereocenters. The van der Waals surface area contributed by atoms with E-state index in [1.807, 2.05) is 12.1 Å². The molecule has 1 fully saturated rings. The van der Waals surface area contributed by atoms with E-state index < -0.39 is 0 Å². The molecule has 1 unspecified atom stereocenters. The number of aliphatic hydroxyl groups is 1. The summed E-state index contributed by atoms with van der Waals surface area (Å²) >= 11 is 0. The molecule has 102 valence electrons. The van der Waals surface area contributed by atoms with Crippen LogP contribution in [-0.4, -0.2) is 42.4 Å². The van der Waals surface area contributed by atoms with E-state index in [9.17, 15) is 5.11 Å². The highest BCUT2D eigenvalue weighted by Gasteiger charge is 2.20. The van der Waals surface area contributed by atoms with E-state index in [2.05, 4.69) is 11.0 Å². The molecule has 0 bridgehead atoms. The molecule has 0 spiro atoms. The van der Waals surface area contributed by atoms with Gasteiger partial charge in [0.1, 0.15) is 12.4 Å². The molecular weight excluding hydrogens is 240 g/mol. The number of hydrogen-bond donors (Lipinski definition) is 1. The molecule has 1 N–H and O–H groups in total. The lowest BCUT2D eigenvalue weighted by atomic mass is 10.0. The van der Waals surface area contributed by atoms with Crippen molar-refractivity contribution >= 4 is 0 Å². The van der Waals surface area contributed by atoms with Crippen LogP contribution in [0.25, 0.3) is 0 Å². The highest BCUT2D eigenvalue weighted by Crippen LogP contribution is 2.16. The number of likely N-dealkylation sites (tertiary alicyclic amines) is 1. The van der Waals surface area contributed by atoms with Gasteiger partial charge in [-0.2, -0.15) is 5.26 Å². The van der Waals surface area contributed by atoms with Crippen LogP contribution in [0.5, 0.6) is 5.75 Å². The Morgan fingerprint density at radius 1 is 1.32 bits per heavy atom. The van der Waals surface area contributed by atoms with Gasteiger partial charge in [-0.05, 0) is 43.7 Å². The monoisotopic (exact) mass is 260 g/mol. The molecule has 1 aliphatic heterocycles. The number of nitrogens with zero attached hydrogens (tertiary/aromatic N) is 2. The van der Waals surface area contributed by atoms with E-state index in [0.29, 0.717) is 18.2 Å². The van der Waals surface area contributed by atoms with Crippen molar-refractivity contribution in [2.75, 3.05) is 26.3 Å². The normalized spacial score (nSPS) is 19.9. The Hall–Kier alpha value is -1.57. The van der Waals surface area contributed by atoms with E-state index >= 15 is 0 Å². The first-order valence-corrected chi connectivity index (χ1v) is 6.81. The molecule has 0 saturated carbocycles. The van der Waals surface area contributed by atoms with Crippen molar-refractivity contribution in [3.8, 4) is 11.8 Å². The molecule has 2 rings (SSSR count). The van der Waals surface area contributed by atoms with Gasteiger partial charge in [0.25, 0.3) is 0 Å². The van der Waals surface area contributed by atoms with Crippen LogP contribution in [-0.2, 0) is 0 Å². The average Bonchev–Trinajstić information content (AvgIpc) is 2.48. The average molecular weight is 260 g/mol. The zero-order chi connectivity index (χ0) is 13.5. The molecule has 0 aliphatic carbocycles. The fourth-order valence-corrected chi connectivity index (χ4v) is 2.47. The predicted molar refractivity (Wildman–Crippen MR) is 72.9 cm³/mol. The minimum absolute atomic E-state index is 0.233. The Morgan fingerprint density at radius 2 is 2.11 bits per heavy atom. The van der Waals surface area contributed by atoms with Crippen LogP contribution in [0.15, 0.2) is 24.3 Å². The van der Waals surface area contributed by atoms with Crippen LogP contribution in [0.1, 0.15) is 24.8 Å². The van der Waals surface area contributed by atoms with Crippen molar-refractivity contribution in [3.63, 3.8) is 0 Å². The van der Waals surface area contributed by atoms with Crippen LogP contribution in [0.3, 0.4) is 0 Å². The standard InChI is InChI=1S/C15H20N2O2/c16-11-13-4-6-15(7-5-13)19-10-9-17-8-2-1-3-14(17)12-18/h4-7,14,18H,1-3,8-10,12H2. The largest absolute Gasteiger partial charge is 0.492 e. The highest BCUT2D eigenvalue weighted by atomic mass is 16.5. The highest BCUT2D eigenvalue weighted by molar-refractivity contribution is 5.34. The molecule has 1 heterocycles. The van der Waals surface area contributed by atoms with Gasteiger partial charge in [-0.3, -0.25) is 4.90 Å². The first-order valence-electron chi connectivity index (χ1n) is 6.81. The maximum atomic E-state index is 9.32. The Morgan fingerprint density at radius 3 is 2.79 bits per heavy atom. The molecular formula is C15H20N2O2. The summed E-state index contributed by atoms with van der Waals surface area (Å²) in [5.41, 5.74) is 0.642. The molecule has 19 heavy (non-hydrogen) atoms. The van der Waals surface area contributed by atoms with Gasteiger partial charge in [0.15, 0.2) is 0 Å². The molecule has 4 heteroatoms. The lowest BCUT2D eigenvalue weighted by Gasteiger charge is -2.34. The summed E-state index contributed by atoms with van der Waals surface area (Å²) < 4.78 is 5.67. The third-order valence-corrected chi connectivity index (χ3v) is 3.59. The summed E-state index contributed by atoms with van der Waals surface area (Å²) in [5, 5.41) is 18.0. The lowest BCUT2D eigenvalue weighted by Crippen LogP contribution is -2.43. The van der Waals surface area contributed by atoms with Gasteiger partial charge < -0.3 is 9.84 Å². The maximum Gasteiger partial charge on any atom is 0.119 e. The number of nitriles is 1. The molecule has 1 saturated heterocycles. The Balaban J connectivity index is 1.77. The molecule has 0 amide bonds. The van der Waals surface area contributed by atoms with Gasteiger partial charge in [0.05, 0.1) is 18.2 Å². The van der Waals surface area contributed by atoms with E-state index in [4.69, 9.17) is 10.00 Å². The quantitative estimate of drug-likeness (QED) is 0.877. The topological polar surface area (TPSA) is 56.5 Å². The zero-order valence-electron chi connectivity index (χ0n) is 11.1. The van der Waals surface area contributed by atoms with Gasteiger partial charge >= 0.3 is 0 Å². The van der Waals surface area contributed by atoms with Crippen molar-refractivity contribution in [2.24, 2.45) is 0 Å². The first kappa shape index (κ1) is 13.9. The van der Waals surface area contributed by atoms with Crippen LogP contribution < -0.4 is 4.74 Å². The Labute approximate surface area is 114 Å². The third-order valence-electron chi connectivity index (χ3n) is 3.59. The smallest absolute Gasteiger partial charge is 0.119 e. The molecule has 1 aromatic carbocycles. The number of piperidine rings is 1. The van der Waals surface area contributed by atoms with Gasteiger partial charge in [-0.1, -0.05) is 6.42 Å². The van der Waals surface area contributed by atoms with Gasteiger partial charge in [-0.15, -0.1) is 0 Å². The molecule has 0 aromatic heterocycles. The lowest BCUT2D eigenvalue weighted by molar-refractivity contribution is 0.0773. The van der Waals surface area contributed by atoms with Crippen LogP contribution in [0.2, 0.25) is 0 Å². The summed E-state index contributed by atoms with van der Waals surface area (Å²) in [6, 6.07) is 9.52. The zero-order valence-corrected chi connectivity index (χ0v) is 11.1. The first-order chi connectivity index (χ1) is 9.33. The van der Waals surface area contributed by atoms with E-state index in [1.54, 1.807) is 12.1 Å². The van der Waals surface area contributed by atoms with Crippen molar-refractivity contribution in [3.05, 3.63) is 29.8 Å². The van der Waals surface area contributed by atoms with Crippen molar-refractivity contribution in [1.82, 2.24) is 4.90 Å². The van der Waals surface area contributed by atoms with Crippen molar-refractivity contribution in [2.45, 2.75) is 25.3 Å². The van der Waals surface area contributed by atoms with Crippen molar-refractivity contribution < 1.29 is 9.84 Å². The fraction of sp³-hybridized carbons (Fsp3) is 0.533. The summed E-state index contributed by atoms with van der Waals surface area (Å²) in [6.07, 6.45) is 3.49. The molecule has 1 aromatic rings. The van der Waals surface area contributed by atoms with E-state index in [0.717, 1.165) is 25.3 Å². The van der Waals surface area contributed by atoms with Gasteiger partial charge in [0.2, 0.25) is 0 Å². The van der Waals surface area contributed by atoms with Crippen molar-refractivity contribution in [1.29, 1.82) is 5.26 Å². The maximum absolute atomic E-state index is 9.32. The second kappa shape index (κ2) is 7.13. The van der Waals surface area contributed by atoms with Crippen LogP contribution in [0.4, 0.5) is 0 Å². The van der Waals surface area contributed by atoms with E-state index in [1.165, 1.54) is 12.8 Å². The SMILES string of the molecule is N#Cc1ccc(OCCN2CCCCC2CO)cc1. The molecule has 1 aliphatic rings. The van der Waals surface area contributed by atoms with Crippen LogP contribution >= 0.6 is 0 Å².